The summed E-state index contributed by atoms with van der Waals surface area (Å²) in [5.41, 5.74) is 0. The molecule has 0 aromatic rings. The first kappa shape index (κ1) is 65.4. The van der Waals surface area contributed by atoms with E-state index in [2.05, 4.69) is 41.5 Å². The summed E-state index contributed by atoms with van der Waals surface area (Å²) in [6, 6.07) is 0. The predicted octanol–water partition coefficient (Wildman–Crippen LogP) is 19.9. The standard InChI is InChI=1S/C61H118O6/c1-7-57(6)49-43-37-31-25-21-22-27-33-39-45-51-60(63)66-54-58(67-61(64)52-46-40-34-28-20-16-18-24-30-36-42-48-56(4)5)53-65-59(62)50-44-38-32-26-19-15-13-11-9-8-10-12-14-17-23-29-35-41-47-55(2)3/h55-58H,7-54H2,1-6H3/t57?,58-/m1/s1. The van der Waals surface area contributed by atoms with Crippen LogP contribution in [0.2, 0.25) is 0 Å². The molecular weight excluding hydrogens is 829 g/mol. The average molecular weight is 948 g/mol. The Labute approximate surface area is 418 Å². The normalized spacial score (nSPS) is 12.5. The third kappa shape index (κ3) is 53.6. The van der Waals surface area contributed by atoms with Gasteiger partial charge in [-0.1, -0.05) is 298 Å². The lowest BCUT2D eigenvalue weighted by Crippen LogP contribution is -2.30. The van der Waals surface area contributed by atoms with Crippen molar-refractivity contribution in [1.29, 1.82) is 0 Å². The predicted molar refractivity (Wildman–Crippen MR) is 289 cm³/mol. The van der Waals surface area contributed by atoms with Crippen molar-refractivity contribution >= 4 is 17.9 Å². The van der Waals surface area contributed by atoms with Crippen molar-refractivity contribution in [2.75, 3.05) is 13.2 Å². The van der Waals surface area contributed by atoms with Crippen LogP contribution in [0.1, 0.15) is 337 Å². The van der Waals surface area contributed by atoms with Gasteiger partial charge in [-0.15, -0.1) is 0 Å². The molecule has 0 N–H and O–H groups in total. The molecule has 0 rings (SSSR count). The van der Waals surface area contributed by atoms with Gasteiger partial charge in [-0.3, -0.25) is 14.4 Å². The van der Waals surface area contributed by atoms with Gasteiger partial charge in [0, 0.05) is 19.3 Å². The second-order valence-electron chi connectivity index (χ2n) is 22.2. The molecule has 0 aliphatic carbocycles. The molecule has 0 aliphatic heterocycles. The fourth-order valence-electron chi connectivity index (χ4n) is 9.32. The molecule has 6 nitrogen and oxygen atoms in total. The quantitative estimate of drug-likeness (QED) is 0.0343. The summed E-state index contributed by atoms with van der Waals surface area (Å²) in [4.78, 5) is 38.2. The van der Waals surface area contributed by atoms with E-state index in [0.29, 0.717) is 19.3 Å². The highest BCUT2D eigenvalue weighted by atomic mass is 16.6. The molecule has 0 bridgehead atoms. The second-order valence-corrected chi connectivity index (χ2v) is 22.2. The molecule has 67 heavy (non-hydrogen) atoms. The fourth-order valence-corrected chi connectivity index (χ4v) is 9.32. The van der Waals surface area contributed by atoms with E-state index in [0.717, 1.165) is 75.5 Å². The summed E-state index contributed by atoms with van der Waals surface area (Å²) >= 11 is 0. The zero-order valence-electron chi connectivity index (χ0n) is 46.2. The molecular formula is C61H118O6. The Hall–Kier alpha value is -1.59. The molecule has 1 unspecified atom stereocenters. The Morgan fingerprint density at radius 3 is 0.776 bits per heavy atom. The highest BCUT2D eigenvalue weighted by Gasteiger charge is 2.19. The van der Waals surface area contributed by atoms with E-state index in [4.69, 9.17) is 14.2 Å². The van der Waals surface area contributed by atoms with E-state index in [-0.39, 0.29) is 31.1 Å². The molecule has 0 heterocycles. The van der Waals surface area contributed by atoms with Crippen molar-refractivity contribution in [3.05, 3.63) is 0 Å². The minimum Gasteiger partial charge on any atom is -0.462 e. The van der Waals surface area contributed by atoms with Gasteiger partial charge in [-0.25, -0.2) is 0 Å². The molecule has 0 fully saturated rings. The maximum atomic E-state index is 12.9. The first-order valence-corrected chi connectivity index (χ1v) is 30.1. The molecule has 0 aliphatic rings. The number of hydrogen-bond donors (Lipinski definition) is 0. The maximum Gasteiger partial charge on any atom is 0.306 e. The number of unbranched alkanes of at least 4 members (excludes halogenated alkanes) is 36. The number of esters is 3. The van der Waals surface area contributed by atoms with Gasteiger partial charge >= 0.3 is 17.9 Å². The summed E-state index contributed by atoms with van der Waals surface area (Å²) in [6.45, 7) is 13.8. The molecule has 0 aromatic heterocycles. The topological polar surface area (TPSA) is 78.9 Å². The molecule has 0 aromatic carbocycles. The van der Waals surface area contributed by atoms with Gasteiger partial charge in [-0.2, -0.15) is 0 Å². The van der Waals surface area contributed by atoms with Crippen molar-refractivity contribution in [2.45, 2.75) is 343 Å². The molecule has 0 saturated heterocycles. The van der Waals surface area contributed by atoms with Gasteiger partial charge in [0.15, 0.2) is 6.10 Å². The minimum absolute atomic E-state index is 0.0634. The third-order valence-electron chi connectivity index (χ3n) is 14.3. The summed E-state index contributed by atoms with van der Waals surface area (Å²) in [6.07, 6.45) is 55.2. The van der Waals surface area contributed by atoms with Crippen LogP contribution >= 0.6 is 0 Å². The van der Waals surface area contributed by atoms with E-state index in [1.54, 1.807) is 0 Å². The second kappa shape index (κ2) is 52.2. The van der Waals surface area contributed by atoms with Crippen LogP contribution in [0.15, 0.2) is 0 Å². The van der Waals surface area contributed by atoms with Crippen LogP contribution in [-0.4, -0.2) is 37.2 Å². The largest absolute Gasteiger partial charge is 0.462 e. The maximum absolute atomic E-state index is 12.9. The van der Waals surface area contributed by atoms with Crippen molar-refractivity contribution in [1.82, 2.24) is 0 Å². The van der Waals surface area contributed by atoms with Crippen LogP contribution < -0.4 is 0 Å². The lowest BCUT2D eigenvalue weighted by atomic mass is 9.99. The Balaban J connectivity index is 4.26. The van der Waals surface area contributed by atoms with Crippen LogP contribution in [0, 0.1) is 17.8 Å². The van der Waals surface area contributed by atoms with Crippen molar-refractivity contribution in [3.63, 3.8) is 0 Å². The van der Waals surface area contributed by atoms with E-state index in [9.17, 15) is 14.4 Å². The fraction of sp³-hybridized carbons (Fsp3) is 0.951. The Bertz CT molecular complexity index is 1040. The Morgan fingerprint density at radius 2 is 0.522 bits per heavy atom. The first-order valence-electron chi connectivity index (χ1n) is 30.1. The first-order chi connectivity index (χ1) is 32.6. The van der Waals surface area contributed by atoms with Crippen molar-refractivity contribution in [3.8, 4) is 0 Å². The lowest BCUT2D eigenvalue weighted by Gasteiger charge is -2.18. The van der Waals surface area contributed by atoms with Crippen molar-refractivity contribution < 1.29 is 28.6 Å². The SMILES string of the molecule is CCC(C)CCCCCCCCCCCCC(=O)OC[C@@H](COC(=O)CCCCCCCCCCCCCCCCCCCCC(C)C)OC(=O)CCCCCCCCCCCCCC(C)C. The van der Waals surface area contributed by atoms with Gasteiger partial charge < -0.3 is 14.2 Å². The van der Waals surface area contributed by atoms with Gasteiger partial charge in [-0.05, 0) is 37.0 Å². The van der Waals surface area contributed by atoms with Gasteiger partial charge in [0.1, 0.15) is 13.2 Å². The number of carbonyl (C=O) groups excluding carboxylic acids is 3. The molecule has 398 valence electrons. The smallest absolute Gasteiger partial charge is 0.306 e. The number of rotatable bonds is 54. The highest BCUT2D eigenvalue weighted by Crippen LogP contribution is 2.19. The highest BCUT2D eigenvalue weighted by molar-refractivity contribution is 5.71. The molecule has 0 amide bonds. The van der Waals surface area contributed by atoms with Crippen molar-refractivity contribution in [2.24, 2.45) is 17.8 Å². The van der Waals surface area contributed by atoms with Crippen LogP contribution in [0.25, 0.3) is 0 Å². The third-order valence-corrected chi connectivity index (χ3v) is 14.3. The molecule has 0 saturated carbocycles. The molecule has 0 radical (unpaired) electrons. The zero-order chi connectivity index (χ0) is 49.1. The van der Waals surface area contributed by atoms with Crippen LogP contribution in [0.5, 0.6) is 0 Å². The van der Waals surface area contributed by atoms with Gasteiger partial charge in [0.2, 0.25) is 0 Å². The van der Waals surface area contributed by atoms with Crippen LogP contribution in [0.3, 0.4) is 0 Å². The number of hydrogen-bond acceptors (Lipinski definition) is 6. The molecule has 6 heteroatoms. The van der Waals surface area contributed by atoms with Gasteiger partial charge in [0.25, 0.3) is 0 Å². The lowest BCUT2D eigenvalue weighted by molar-refractivity contribution is -0.167. The summed E-state index contributed by atoms with van der Waals surface area (Å²) in [5, 5.41) is 0. The van der Waals surface area contributed by atoms with E-state index >= 15 is 0 Å². The zero-order valence-corrected chi connectivity index (χ0v) is 46.2. The van der Waals surface area contributed by atoms with E-state index in [1.807, 2.05) is 0 Å². The Kier molecular flexibility index (Phi) is 51.0. The average Bonchev–Trinajstić information content (AvgIpc) is 3.30. The van der Waals surface area contributed by atoms with Crippen LogP contribution in [0.4, 0.5) is 0 Å². The molecule has 0 spiro atoms. The van der Waals surface area contributed by atoms with E-state index < -0.39 is 6.10 Å². The van der Waals surface area contributed by atoms with Crippen LogP contribution in [-0.2, 0) is 28.6 Å². The summed E-state index contributed by atoms with van der Waals surface area (Å²) in [5.74, 6) is 1.71. The van der Waals surface area contributed by atoms with E-state index in [1.165, 1.54) is 218 Å². The summed E-state index contributed by atoms with van der Waals surface area (Å²) < 4.78 is 16.9. The minimum atomic E-state index is -0.764. The monoisotopic (exact) mass is 947 g/mol. The van der Waals surface area contributed by atoms with Gasteiger partial charge in [0.05, 0.1) is 0 Å². The number of ether oxygens (including phenoxy) is 3. The Morgan fingerprint density at radius 1 is 0.299 bits per heavy atom. The number of carbonyl (C=O) groups is 3. The summed E-state index contributed by atoms with van der Waals surface area (Å²) in [7, 11) is 0. The molecule has 2 atom stereocenters.